The molecule has 3 nitrogen and oxygen atoms in total. The Morgan fingerprint density at radius 1 is 1.43 bits per heavy atom. The highest BCUT2D eigenvalue weighted by atomic mass is 79.9. The highest BCUT2D eigenvalue weighted by Gasteiger charge is 2.24. The predicted molar refractivity (Wildman–Crippen MR) is 87.1 cm³/mol. The molecular weight excluding hydrogens is 357 g/mol. The summed E-state index contributed by atoms with van der Waals surface area (Å²) in [5.74, 6) is -0.268. The molecule has 0 spiro atoms. The minimum Gasteiger partial charge on any atom is -0.305 e. The second-order valence-corrected chi connectivity index (χ2v) is 6.08. The van der Waals surface area contributed by atoms with E-state index in [1.807, 2.05) is 17.7 Å². The van der Waals surface area contributed by atoms with Crippen molar-refractivity contribution in [3.8, 4) is 0 Å². The normalized spacial score (nSPS) is 12.6. The molecule has 1 unspecified atom stereocenters. The third-order valence-electron chi connectivity index (χ3n) is 3.22. The van der Waals surface area contributed by atoms with Gasteiger partial charge in [0, 0.05) is 16.6 Å². The van der Waals surface area contributed by atoms with Crippen molar-refractivity contribution in [2.45, 2.75) is 32.9 Å². The van der Waals surface area contributed by atoms with Crippen LogP contribution in [0.3, 0.4) is 0 Å². The van der Waals surface area contributed by atoms with E-state index in [0.717, 1.165) is 18.7 Å². The van der Waals surface area contributed by atoms with Crippen LogP contribution in [0, 0.1) is 5.82 Å². The Morgan fingerprint density at radius 2 is 2.19 bits per heavy atom. The summed E-state index contributed by atoms with van der Waals surface area (Å²) in [5.41, 5.74) is 1.38. The fraction of sp³-hybridized carbons (Fsp3) is 0.400. The lowest BCUT2D eigenvalue weighted by Gasteiger charge is -2.21. The van der Waals surface area contributed by atoms with Gasteiger partial charge in [0.25, 0.3) is 0 Å². The van der Waals surface area contributed by atoms with E-state index < -0.39 is 0 Å². The molecule has 6 heteroatoms. The summed E-state index contributed by atoms with van der Waals surface area (Å²) in [6, 6.07) is 4.75. The van der Waals surface area contributed by atoms with Crippen LogP contribution in [0.15, 0.2) is 28.9 Å². The maximum Gasteiger partial charge on any atom is 0.129 e. The zero-order valence-electron chi connectivity index (χ0n) is 12.0. The molecule has 21 heavy (non-hydrogen) atoms. The van der Waals surface area contributed by atoms with Crippen molar-refractivity contribution in [2.75, 3.05) is 6.54 Å². The van der Waals surface area contributed by atoms with Gasteiger partial charge in [0.05, 0.1) is 23.0 Å². The smallest absolute Gasteiger partial charge is 0.129 e. The molecule has 1 aromatic heterocycles. The molecule has 0 amide bonds. The van der Waals surface area contributed by atoms with E-state index in [4.69, 9.17) is 11.6 Å². The third kappa shape index (κ3) is 3.65. The molecule has 1 heterocycles. The Balaban J connectivity index is 2.50. The Kier molecular flexibility index (Phi) is 5.79. The van der Waals surface area contributed by atoms with E-state index >= 15 is 0 Å². The van der Waals surface area contributed by atoms with Crippen LogP contribution >= 0.6 is 27.5 Å². The van der Waals surface area contributed by atoms with Crippen LogP contribution in [0.1, 0.15) is 37.6 Å². The molecule has 0 radical (unpaired) electrons. The summed E-state index contributed by atoms with van der Waals surface area (Å²) in [5, 5.41) is 8.15. The number of nitrogens with zero attached hydrogens (tertiary/aromatic N) is 2. The summed E-state index contributed by atoms with van der Waals surface area (Å²) >= 11 is 9.57. The lowest BCUT2D eigenvalue weighted by atomic mass is 10.0. The Bertz CT molecular complexity index is 615. The molecule has 0 aliphatic heterocycles. The number of aromatic nitrogens is 2. The van der Waals surface area contributed by atoms with Gasteiger partial charge in [-0.1, -0.05) is 47.4 Å². The van der Waals surface area contributed by atoms with Crippen molar-refractivity contribution >= 4 is 27.5 Å². The van der Waals surface area contributed by atoms with Gasteiger partial charge < -0.3 is 5.32 Å². The molecule has 0 bridgehead atoms. The molecule has 0 saturated carbocycles. The average Bonchev–Trinajstić information content (AvgIpc) is 2.79. The molecule has 1 N–H and O–H groups in total. The van der Waals surface area contributed by atoms with Gasteiger partial charge in [-0.25, -0.2) is 4.39 Å². The van der Waals surface area contributed by atoms with Crippen molar-refractivity contribution in [2.24, 2.45) is 0 Å². The summed E-state index contributed by atoms with van der Waals surface area (Å²) in [4.78, 5) is 0. The first-order valence-electron chi connectivity index (χ1n) is 6.98. The number of rotatable bonds is 6. The molecule has 2 rings (SSSR count). The molecular formula is C15H18BrClFN3. The number of nitrogens with one attached hydrogen (secondary N) is 1. The van der Waals surface area contributed by atoms with Crippen LogP contribution in [0.5, 0.6) is 0 Å². The first-order chi connectivity index (χ1) is 10.1. The first kappa shape index (κ1) is 16.5. The monoisotopic (exact) mass is 373 g/mol. The van der Waals surface area contributed by atoms with Crippen LogP contribution in [-0.2, 0) is 6.54 Å². The Labute approximate surface area is 137 Å². The largest absolute Gasteiger partial charge is 0.305 e. The molecule has 0 aliphatic rings. The van der Waals surface area contributed by atoms with Crippen LogP contribution in [0.2, 0.25) is 5.02 Å². The van der Waals surface area contributed by atoms with Gasteiger partial charge in [0.2, 0.25) is 0 Å². The van der Waals surface area contributed by atoms with Gasteiger partial charge in [0.1, 0.15) is 5.82 Å². The lowest BCUT2D eigenvalue weighted by Crippen LogP contribution is -2.26. The highest BCUT2D eigenvalue weighted by Crippen LogP contribution is 2.31. The van der Waals surface area contributed by atoms with E-state index in [1.54, 1.807) is 12.3 Å². The SMILES string of the molecule is CCCn1ncc(Cl)c1C(NCC)c1ccc(Br)cc1F. The van der Waals surface area contributed by atoms with Crippen molar-refractivity contribution in [3.05, 3.63) is 51.0 Å². The zero-order chi connectivity index (χ0) is 15.4. The second-order valence-electron chi connectivity index (χ2n) is 4.76. The maximum absolute atomic E-state index is 14.3. The van der Waals surface area contributed by atoms with Crippen LogP contribution in [0.4, 0.5) is 4.39 Å². The molecule has 1 aromatic carbocycles. The lowest BCUT2D eigenvalue weighted by molar-refractivity contribution is 0.502. The van der Waals surface area contributed by atoms with Gasteiger partial charge in [-0.3, -0.25) is 4.68 Å². The minimum absolute atomic E-state index is 0.268. The van der Waals surface area contributed by atoms with Crippen LogP contribution < -0.4 is 5.32 Å². The van der Waals surface area contributed by atoms with Crippen molar-refractivity contribution in [1.29, 1.82) is 0 Å². The Hall–Kier alpha value is -0.910. The van der Waals surface area contributed by atoms with E-state index in [1.165, 1.54) is 6.07 Å². The molecule has 0 fully saturated rings. The fourth-order valence-electron chi connectivity index (χ4n) is 2.34. The van der Waals surface area contributed by atoms with Gasteiger partial charge in [0.15, 0.2) is 0 Å². The summed E-state index contributed by atoms with van der Waals surface area (Å²) < 4.78 is 16.9. The number of benzene rings is 1. The number of hydrogen-bond donors (Lipinski definition) is 1. The molecule has 2 aromatic rings. The van der Waals surface area contributed by atoms with Crippen molar-refractivity contribution in [3.63, 3.8) is 0 Å². The molecule has 0 aliphatic carbocycles. The second kappa shape index (κ2) is 7.38. The third-order valence-corrected chi connectivity index (χ3v) is 4.01. The van der Waals surface area contributed by atoms with Gasteiger partial charge in [-0.05, 0) is 25.1 Å². The van der Waals surface area contributed by atoms with Gasteiger partial charge >= 0.3 is 0 Å². The maximum atomic E-state index is 14.3. The molecule has 1 atom stereocenters. The topological polar surface area (TPSA) is 29.9 Å². The van der Waals surface area contributed by atoms with Gasteiger partial charge in [-0.2, -0.15) is 5.10 Å². The minimum atomic E-state index is -0.315. The van der Waals surface area contributed by atoms with E-state index in [9.17, 15) is 4.39 Å². The number of aryl methyl sites for hydroxylation is 1. The van der Waals surface area contributed by atoms with Crippen molar-refractivity contribution < 1.29 is 4.39 Å². The van der Waals surface area contributed by atoms with Gasteiger partial charge in [-0.15, -0.1) is 0 Å². The number of hydrogen-bond acceptors (Lipinski definition) is 2. The van der Waals surface area contributed by atoms with E-state index in [-0.39, 0.29) is 11.9 Å². The number of halogens is 3. The quantitative estimate of drug-likeness (QED) is 0.804. The van der Waals surface area contributed by atoms with Crippen molar-refractivity contribution in [1.82, 2.24) is 15.1 Å². The molecule has 114 valence electrons. The van der Waals surface area contributed by atoms with Crippen LogP contribution in [-0.4, -0.2) is 16.3 Å². The summed E-state index contributed by atoms with van der Waals surface area (Å²) in [6.45, 7) is 5.51. The summed E-state index contributed by atoms with van der Waals surface area (Å²) in [7, 11) is 0. The fourth-order valence-corrected chi connectivity index (χ4v) is 2.93. The first-order valence-corrected chi connectivity index (χ1v) is 8.15. The van der Waals surface area contributed by atoms with Crippen LogP contribution in [0.25, 0.3) is 0 Å². The average molecular weight is 375 g/mol. The highest BCUT2D eigenvalue weighted by molar-refractivity contribution is 9.10. The summed E-state index contributed by atoms with van der Waals surface area (Å²) in [6.07, 6.45) is 2.56. The van der Waals surface area contributed by atoms with E-state index in [2.05, 4.69) is 33.3 Å². The standard InChI is InChI=1S/C15H18BrClFN3/c1-3-7-21-15(12(17)9-20-21)14(19-4-2)11-6-5-10(16)8-13(11)18/h5-6,8-9,14,19H,3-4,7H2,1-2H3. The van der Waals surface area contributed by atoms with E-state index in [0.29, 0.717) is 21.6 Å². The Morgan fingerprint density at radius 3 is 2.81 bits per heavy atom. The predicted octanol–water partition coefficient (Wildman–Crippen LogP) is 4.55. The molecule has 0 saturated heterocycles. The zero-order valence-corrected chi connectivity index (χ0v) is 14.4.